The lowest BCUT2D eigenvalue weighted by atomic mass is 10.0. The SMILES string of the molecule is O=C1/C=C/C(=O)ON2C(CC3CCN32)O1. The topological polar surface area (TPSA) is 59.1 Å². The number of nitrogens with zero attached hydrogens (tertiary/aromatic N) is 2. The molecule has 3 heterocycles. The van der Waals surface area contributed by atoms with Gasteiger partial charge in [-0.2, -0.15) is 0 Å². The standard InChI is InChI=1S/C9H10N2O4/c12-8-1-2-9(13)15-11-7(14-8)5-6-3-4-10(6)11/h1-2,6-7H,3-5H2/b2-1+. The van der Waals surface area contributed by atoms with Crippen molar-refractivity contribution in [2.75, 3.05) is 6.54 Å². The molecule has 2 atom stereocenters. The van der Waals surface area contributed by atoms with E-state index in [1.54, 1.807) is 0 Å². The fourth-order valence-electron chi connectivity index (χ4n) is 2.05. The number of carbonyl (C=O) groups is 2. The number of fused-ring (bicyclic) bond motifs is 3. The molecule has 0 aliphatic carbocycles. The summed E-state index contributed by atoms with van der Waals surface area (Å²) in [5, 5.41) is 3.30. The molecule has 3 rings (SSSR count). The van der Waals surface area contributed by atoms with Crippen LogP contribution in [0.25, 0.3) is 0 Å². The van der Waals surface area contributed by atoms with Crippen LogP contribution in [0.2, 0.25) is 0 Å². The van der Waals surface area contributed by atoms with Crippen molar-refractivity contribution >= 4 is 11.9 Å². The second-order valence-corrected chi connectivity index (χ2v) is 3.78. The summed E-state index contributed by atoms with van der Waals surface area (Å²) in [5.74, 6) is -1.03. The Balaban J connectivity index is 1.85. The monoisotopic (exact) mass is 210 g/mol. The van der Waals surface area contributed by atoms with Gasteiger partial charge in [-0.05, 0) is 11.6 Å². The molecule has 2 unspecified atom stereocenters. The average molecular weight is 210 g/mol. The highest BCUT2D eigenvalue weighted by Crippen LogP contribution is 2.35. The molecular formula is C9H10N2O4. The van der Waals surface area contributed by atoms with Crippen molar-refractivity contribution in [1.29, 1.82) is 0 Å². The Kier molecular flexibility index (Phi) is 1.80. The first-order chi connectivity index (χ1) is 7.24. The molecule has 3 aliphatic rings. The third-order valence-electron chi connectivity index (χ3n) is 2.88. The van der Waals surface area contributed by atoms with Crippen LogP contribution in [-0.2, 0) is 19.2 Å². The highest BCUT2D eigenvalue weighted by Gasteiger charge is 2.49. The number of rotatable bonds is 0. The van der Waals surface area contributed by atoms with Gasteiger partial charge in [-0.3, -0.25) is 0 Å². The van der Waals surface area contributed by atoms with E-state index in [0.29, 0.717) is 12.5 Å². The summed E-state index contributed by atoms with van der Waals surface area (Å²) >= 11 is 0. The molecular weight excluding hydrogens is 200 g/mol. The van der Waals surface area contributed by atoms with E-state index in [0.717, 1.165) is 25.1 Å². The molecule has 0 amide bonds. The van der Waals surface area contributed by atoms with Crippen LogP contribution in [0.4, 0.5) is 0 Å². The number of hydrazine groups is 1. The van der Waals surface area contributed by atoms with E-state index >= 15 is 0 Å². The fraction of sp³-hybridized carbons (Fsp3) is 0.556. The van der Waals surface area contributed by atoms with E-state index in [-0.39, 0.29) is 0 Å². The Bertz CT molecular complexity index is 354. The predicted octanol–water partition coefficient (Wildman–Crippen LogP) is -0.421. The Morgan fingerprint density at radius 3 is 2.80 bits per heavy atom. The average Bonchev–Trinajstić information content (AvgIpc) is 2.36. The van der Waals surface area contributed by atoms with Crippen LogP contribution in [0.5, 0.6) is 0 Å². The number of carbonyl (C=O) groups excluding carboxylic acids is 2. The van der Waals surface area contributed by atoms with Crippen molar-refractivity contribution in [3.05, 3.63) is 12.2 Å². The summed E-state index contributed by atoms with van der Waals surface area (Å²) in [7, 11) is 0. The lowest BCUT2D eigenvalue weighted by molar-refractivity contribution is -0.312. The lowest BCUT2D eigenvalue weighted by Crippen LogP contribution is -2.52. The molecule has 0 aromatic heterocycles. The summed E-state index contributed by atoms with van der Waals surface area (Å²) in [4.78, 5) is 27.5. The number of hydroxylamine groups is 1. The molecule has 0 radical (unpaired) electrons. The maximum absolute atomic E-state index is 11.2. The molecule has 15 heavy (non-hydrogen) atoms. The fourth-order valence-corrected chi connectivity index (χ4v) is 2.05. The van der Waals surface area contributed by atoms with Crippen molar-refractivity contribution in [2.24, 2.45) is 0 Å². The van der Waals surface area contributed by atoms with E-state index in [9.17, 15) is 9.59 Å². The number of esters is 1. The molecule has 2 fully saturated rings. The largest absolute Gasteiger partial charge is 0.438 e. The van der Waals surface area contributed by atoms with E-state index in [2.05, 4.69) is 0 Å². The maximum Gasteiger partial charge on any atom is 0.351 e. The number of hydrogen-bond acceptors (Lipinski definition) is 6. The van der Waals surface area contributed by atoms with Crippen LogP contribution in [0.1, 0.15) is 12.8 Å². The quantitative estimate of drug-likeness (QED) is 0.506. The minimum absolute atomic E-state index is 0.341. The van der Waals surface area contributed by atoms with Crippen LogP contribution < -0.4 is 0 Å². The van der Waals surface area contributed by atoms with Gasteiger partial charge in [0, 0.05) is 31.2 Å². The van der Waals surface area contributed by atoms with Crippen LogP contribution in [-0.4, -0.2) is 40.9 Å². The van der Waals surface area contributed by atoms with Gasteiger partial charge in [0.15, 0.2) is 0 Å². The van der Waals surface area contributed by atoms with E-state index in [1.165, 1.54) is 5.17 Å². The van der Waals surface area contributed by atoms with Gasteiger partial charge in [0.2, 0.25) is 6.23 Å². The molecule has 0 aromatic carbocycles. The molecule has 6 nitrogen and oxygen atoms in total. The van der Waals surface area contributed by atoms with E-state index < -0.39 is 18.2 Å². The highest BCUT2D eigenvalue weighted by atomic mass is 16.8. The van der Waals surface area contributed by atoms with Crippen molar-refractivity contribution in [3.8, 4) is 0 Å². The summed E-state index contributed by atoms with van der Waals surface area (Å²) < 4.78 is 5.13. The van der Waals surface area contributed by atoms with Gasteiger partial charge >= 0.3 is 11.9 Å². The minimum Gasteiger partial charge on any atom is -0.438 e. The third kappa shape index (κ3) is 1.33. The molecule has 0 bridgehead atoms. The zero-order valence-electron chi connectivity index (χ0n) is 7.96. The van der Waals surface area contributed by atoms with Gasteiger partial charge < -0.3 is 9.57 Å². The summed E-state index contributed by atoms with van der Waals surface area (Å²) in [6.07, 6.45) is 3.46. The summed E-state index contributed by atoms with van der Waals surface area (Å²) in [6.45, 7) is 0.843. The van der Waals surface area contributed by atoms with Crippen LogP contribution in [0.3, 0.4) is 0 Å². The second-order valence-electron chi connectivity index (χ2n) is 3.78. The molecule has 80 valence electrons. The molecule has 3 aliphatic heterocycles. The van der Waals surface area contributed by atoms with Gasteiger partial charge in [-0.15, -0.1) is 0 Å². The number of hydrogen-bond donors (Lipinski definition) is 0. The zero-order valence-corrected chi connectivity index (χ0v) is 7.96. The van der Waals surface area contributed by atoms with Crippen LogP contribution in [0, 0.1) is 0 Å². The first kappa shape index (κ1) is 8.87. The van der Waals surface area contributed by atoms with E-state index in [1.807, 2.05) is 5.01 Å². The van der Waals surface area contributed by atoms with Gasteiger partial charge in [0.25, 0.3) is 0 Å². The van der Waals surface area contributed by atoms with Gasteiger partial charge in [-0.1, -0.05) is 0 Å². The van der Waals surface area contributed by atoms with Gasteiger partial charge in [0.1, 0.15) is 0 Å². The minimum atomic E-state index is -0.538. The smallest absolute Gasteiger partial charge is 0.351 e. The normalized spacial score (nSPS) is 37.9. The molecule has 0 spiro atoms. The predicted molar refractivity (Wildman–Crippen MR) is 46.7 cm³/mol. The van der Waals surface area contributed by atoms with Crippen LogP contribution >= 0.6 is 0 Å². The second kappa shape index (κ2) is 3.04. The van der Waals surface area contributed by atoms with E-state index in [4.69, 9.17) is 9.57 Å². The zero-order chi connectivity index (χ0) is 10.4. The Hall–Kier alpha value is -1.40. The molecule has 0 N–H and O–H groups in total. The van der Waals surface area contributed by atoms with Gasteiger partial charge in [0.05, 0.1) is 0 Å². The Morgan fingerprint density at radius 2 is 2.07 bits per heavy atom. The molecule has 2 saturated heterocycles. The maximum atomic E-state index is 11.2. The summed E-state index contributed by atoms with van der Waals surface area (Å²) in [5.41, 5.74) is 0. The first-order valence-corrected chi connectivity index (χ1v) is 4.90. The molecule has 0 aromatic rings. The summed E-state index contributed by atoms with van der Waals surface area (Å²) in [6, 6.07) is 0.341. The Labute approximate surface area is 85.9 Å². The van der Waals surface area contributed by atoms with Crippen molar-refractivity contribution in [2.45, 2.75) is 25.1 Å². The van der Waals surface area contributed by atoms with Crippen molar-refractivity contribution in [3.63, 3.8) is 0 Å². The highest BCUT2D eigenvalue weighted by molar-refractivity contribution is 5.92. The van der Waals surface area contributed by atoms with Crippen molar-refractivity contribution < 1.29 is 19.2 Å². The first-order valence-electron chi connectivity index (χ1n) is 4.90. The molecule has 6 heteroatoms. The number of ether oxygens (including phenoxy) is 1. The third-order valence-corrected chi connectivity index (χ3v) is 2.88. The molecule has 0 saturated carbocycles. The lowest BCUT2D eigenvalue weighted by Gasteiger charge is -2.38. The van der Waals surface area contributed by atoms with Gasteiger partial charge in [-0.25, -0.2) is 14.6 Å². The Morgan fingerprint density at radius 1 is 1.27 bits per heavy atom. The van der Waals surface area contributed by atoms with Crippen molar-refractivity contribution in [1.82, 2.24) is 10.2 Å². The van der Waals surface area contributed by atoms with Crippen LogP contribution in [0.15, 0.2) is 12.2 Å².